The molecule has 0 saturated heterocycles. The Bertz CT molecular complexity index is 696. The minimum absolute atomic E-state index is 0.0117. The van der Waals surface area contributed by atoms with Gasteiger partial charge in [-0.15, -0.1) is 0 Å². The molecule has 0 heterocycles. The average molecular weight is 388 g/mol. The molecule has 0 spiro atoms. The number of nitrogens with zero attached hydrogens (tertiary/aromatic N) is 2. The van der Waals surface area contributed by atoms with Gasteiger partial charge in [0, 0.05) is 26.2 Å². The number of hydrogen-bond acceptors (Lipinski definition) is 6. The highest BCUT2D eigenvalue weighted by Crippen LogP contribution is 2.13. The molecule has 0 saturated carbocycles. The zero-order chi connectivity index (χ0) is 21.1. The van der Waals surface area contributed by atoms with Crippen LogP contribution in [0.15, 0.2) is 49.6 Å². The number of hydrogen-bond donors (Lipinski definition) is 0. The second-order valence-electron chi connectivity index (χ2n) is 5.74. The molecule has 1 rings (SSSR count). The van der Waals surface area contributed by atoms with Crippen molar-refractivity contribution in [1.29, 1.82) is 0 Å². The van der Waals surface area contributed by atoms with Crippen LogP contribution in [0.3, 0.4) is 0 Å². The first-order chi connectivity index (χ1) is 13.3. The Kier molecular flexibility index (Phi) is 9.15. The SMILES string of the molecule is C=CC(=O)OCCN(C)C(=O)c1ccccc1C(=O)N(C)CCOC(=O)C=C. The van der Waals surface area contributed by atoms with Gasteiger partial charge in [-0.2, -0.15) is 0 Å². The Labute approximate surface area is 164 Å². The minimum atomic E-state index is -0.574. The van der Waals surface area contributed by atoms with E-state index in [2.05, 4.69) is 13.2 Å². The summed E-state index contributed by atoms with van der Waals surface area (Å²) in [7, 11) is 3.09. The third-order valence-electron chi connectivity index (χ3n) is 3.76. The number of carbonyl (C=O) groups is 4. The quantitative estimate of drug-likeness (QED) is 0.443. The largest absolute Gasteiger partial charge is 0.461 e. The molecule has 0 aliphatic heterocycles. The van der Waals surface area contributed by atoms with E-state index in [9.17, 15) is 19.2 Å². The zero-order valence-corrected chi connectivity index (χ0v) is 16.1. The molecule has 0 atom stereocenters. The van der Waals surface area contributed by atoms with Gasteiger partial charge in [0.1, 0.15) is 13.2 Å². The number of ether oxygens (including phenoxy) is 2. The average Bonchev–Trinajstić information content (AvgIpc) is 2.71. The number of amides is 2. The van der Waals surface area contributed by atoms with Crippen molar-refractivity contribution in [2.45, 2.75) is 0 Å². The molecule has 0 bridgehead atoms. The first-order valence-electron chi connectivity index (χ1n) is 8.50. The lowest BCUT2D eigenvalue weighted by Gasteiger charge is -2.21. The van der Waals surface area contributed by atoms with Crippen LogP contribution in [0.4, 0.5) is 0 Å². The molecule has 1 aromatic rings. The highest BCUT2D eigenvalue weighted by molar-refractivity contribution is 6.07. The topological polar surface area (TPSA) is 93.2 Å². The summed E-state index contributed by atoms with van der Waals surface area (Å²) in [5, 5.41) is 0. The molecular formula is C20H24N2O6. The molecule has 2 amide bonds. The van der Waals surface area contributed by atoms with Crippen molar-refractivity contribution in [2.24, 2.45) is 0 Å². The molecule has 0 aliphatic carbocycles. The molecule has 150 valence electrons. The van der Waals surface area contributed by atoms with E-state index < -0.39 is 11.9 Å². The fourth-order valence-corrected chi connectivity index (χ4v) is 2.15. The van der Waals surface area contributed by atoms with E-state index in [1.807, 2.05) is 0 Å². The first kappa shape index (κ1) is 22.6. The Hall–Kier alpha value is -3.42. The van der Waals surface area contributed by atoms with Crippen LogP contribution in [0.5, 0.6) is 0 Å². The molecule has 8 nitrogen and oxygen atoms in total. The normalized spacial score (nSPS) is 9.79. The molecule has 0 unspecified atom stereocenters. The second kappa shape index (κ2) is 11.3. The molecule has 0 fully saturated rings. The molecule has 0 aromatic heterocycles. The number of benzene rings is 1. The maximum atomic E-state index is 12.7. The van der Waals surface area contributed by atoms with Gasteiger partial charge in [0.15, 0.2) is 0 Å². The number of rotatable bonds is 10. The van der Waals surface area contributed by atoms with Gasteiger partial charge in [-0.3, -0.25) is 9.59 Å². The molecule has 0 N–H and O–H groups in total. The van der Waals surface area contributed by atoms with Gasteiger partial charge in [0.25, 0.3) is 11.8 Å². The smallest absolute Gasteiger partial charge is 0.330 e. The monoisotopic (exact) mass is 388 g/mol. The highest BCUT2D eigenvalue weighted by Gasteiger charge is 2.22. The lowest BCUT2D eigenvalue weighted by molar-refractivity contribution is -0.138. The van der Waals surface area contributed by atoms with E-state index in [4.69, 9.17) is 9.47 Å². The summed E-state index contributed by atoms with van der Waals surface area (Å²) in [6.45, 7) is 6.93. The second-order valence-corrected chi connectivity index (χ2v) is 5.74. The highest BCUT2D eigenvalue weighted by atomic mass is 16.5. The van der Waals surface area contributed by atoms with Gasteiger partial charge in [-0.1, -0.05) is 25.3 Å². The van der Waals surface area contributed by atoms with Crippen molar-refractivity contribution >= 4 is 23.8 Å². The lowest BCUT2D eigenvalue weighted by Crippen LogP contribution is -2.35. The molecule has 1 aromatic carbocycles. The van der Waals surface area contributed by atoms with Crippen molar-refractivity contribution in [3.8, 4) is 0 Å². The van der Waals surface area contributed by atoms with Gasteiger partial charge in [-0.05, 0) is 12.1 Å². The standard InChI is InChI=1S/C20H24N2O6/c1-5-17(23)27-13-11-21(3)19(25)15-9-7-8-10-16(15)20(26)22(4)12-14-28-18(24)6-2/h5-10H,1-2,11-14H2,3-4H3. The minimum Gasteiger partial charge on any atom is -0.461 e. The van der Waals surface area contributed by atoms with Crippen molar-refractivity contribution in [2.75, 3.05) is 40.4 Å². The maximum absolute atomic E-state index is 12.7. The van der Waals surface area contributed by atoms with Crippen molar-refractivity contribution in [3.63, 3.8) is 0 Å². The molecule has 0 radical (unpaired) electrons. The molecular weight excluding hydrogens is 364 g/mol. The van der Waals surface area contributed by atoms with Gasteiger partial charge in [0.05, 0.1) is 24.2 Å². The number of likely N-dealkylation sites (N-methyl/N-ethyl adjacent to an activating group) is 2. The summed E-state index contributed by atoms with van der Waals surface area (Å²) in [6, 6.07) is 6.41. The third-order valence-corrected chi connectivity index (χ3v) is 3.76. The first-order valence-corrected chi connectivity index (χ1v) is 8.50. The summed E-state index contributed by atoms with van der Waals surface area (Å²) in [5.74, 6) is -1.92. The zero-order valence-electron chi connectivity index (χ0n) is 16.1. The van der Waals surface area contributed by atoms with Crippen LogP contribution in [0.2, 0.25) is 0 Å². The Morgan fingerprint density at radius 3 is 1.50 bits per heavy atom. The van der Waals surface area contributed by atoms with Crippen LogP contribution in [-0.2, 0) is 19.1 Å². The molecule has 8 heteroatoms. The molecule has 28 heavy (non-hydrogen) atoms. The van der Waals surface area contributed by atoms with Crippen LogP contribution >= 0.6 is 0 Å². The Morgan fingerprint density at radius 2 is 1.18 bits per heavy atom. The van der Waals surface area contributed by atoms with Crippen LogP contribution in [0, 0.1) is 0 Å². The van der Waals surface area contributed by atoms with E-state index in [-0.39, 0.29) is 49.2 Å². The summed E-state index contributed by atoms with van der Waals surface area (Å²) < 4.78 is 9.72. The van der Waals surface area contributed by atoms with Gasteiger partial charge in [0.2, 0.25) is 0 Å². The van der Waals surface area contributed by atoms with E-state index >= 15 is 0 Å². The van der Waals surface area contributed by atoms with Crippen molar-refractivity contribution < 1.29 is 28.7 Å². The van der Waals surface area contributed by atoms with Crippen LogP contribution < -0.4 is 0 Å². The predicted molar refractivity (Wildman–Crippen MR) is 103 cm³/mol. The van der Waals surface area contributed by atoms with Gasteiger partial charge in [-0.25, -0.2) is 9.59 Å². The summed E-state index contributed by atoms with van der Waals surface area (Å²) >= 11 is 0. The van der Waals surface area contributed by atoms with E-state index in [0.29, 0.717) is 0 Å². The van der Waals surface area contributed by atoms with Gasteiger partial charge < -0.3 is 19.3 Å². The summed E-state index contributed by atoms with van der Waals surface area (Å²) in [6.07, 6.45) is 2.08. The lowest BCUT2D eigenvalue weighted by atomic mass is 10.1. The van der Waals surface area contributed by atoms with Crippen LogP contribution in [-0.4, -0.2) is 74.0 Å². The number of esters is 2. The van der Waals surface area contributed by atoms with Crippen molar-refractivity contribution in [1.82, 2.24) is 9.80 Å². The van der Waals surface area contributed by atoms with Crippen molar-refractivity contribution in [3.05, 3.63) is 60.7 Å². The van der Waals surface area contributed by atoms with E-state index in [1.54, 1.807) is 38.4 Å². The summed E-state index contributed by atoms with van der Waals surface area (Å²) in [5.41, 5.74) is 0.444. The van der Waals surface area contributed by atoms with Gasteiger partial charge >= 0.3 is 11.9 Å². The van der Waals surface area contributed by atoms with E-state index in [0.717, 1.165) is 12.2 Å². The Morgan fingerprint density at radius 1 is 0.821 bits per heavy atom. The Balaban J connectivity index is 2.79. The summed E-state index contributed by atoms with van der Waals surface area (Å²) in [4.78, 5) is 50.2. The molecule has 0 aliphatic rings. The van der Waals surface area contributed by atoms with E-state index in [1.165, 1.54) is 9.80 Å². The van der Waals surface area contributed by atoms with Crippen LogP contribution in [0.1, 0.15) is 20.7 Å². The fourth-order valence-electron chi connectivity index (χ4n) is 2.15. The van der Waals surface area contributed by atoms with Crippen LogP contribution in [0.25, 0.3) is 0 Å². The fraction of sp³-hybridized carbons (Fsp3) is 0.300. The third kappa shape index (κ3) is 6.71. The number of carbonyl (C=O) groups excluding carboxylic acids is 4. The predicted octanol–water partition coefficient (Wildman–Crippen LogP) is 1.29. The maximum Gasteiger partial charge on any atom is 0.330 e.